The second-order valence-corrected chi connectivity index (χ2v) is 9.44. The van der Waals surface area contributed by atoms with Crippen LogP contribution in [0.4, 0.5) is 10.2 Å². The Labute approximate surface area is 201 Å². The Morgan fingerprint density at radius 3 is 2.82 bits per heavy atom. The Bertz CT molecular complexity index is 973. The fourth-order valence-corrected chi connectivity index (χ4v) is 4.94. The van der Waals surface area contributed by atoms with Gasteiger partial charge in [0.25, 0.3) is 0 Å². The van der Waals surface area contributed by atoms with Crippen molar-refractivity contribution in [2.24, 2.45) is 5.92 Å². The highest BCUT2D eigenvalue weighted by Crippen LogP contribution is 2.26. The first-order chi connectivity index (χ1) is 16.5. The molecular formula is C27H35FN4O2. The van der Waals surface area contributed by atoms with Crippen LogP contribution in [0.15, 0.2) is 43.1 Å². The number of hydrogen-bond donors (Lipinski definition) is 2. The Balaban J connectivity index is 1.16. The number of benzene rings is 1. The van der Waals surface area contributed by atoms with E-state index >= 15 is 0 Å². The molecule has 2 unspecified atom stereocenters. The Kier molecular flexibility index (Phi) is 8.16. The third-order valence-corrected chi connectivity index (χ3v) is 6.91. The van der Waals surface area contributed by atoms with E-state index in [0.29, 0.717) is 12.5 Å². The number of carbonyl (C=O) groups excluding carboxylic acids is 1. The second kappa shape index (κ2) is 11.5. The SMILES string of the molecule is C=C(NC1CNC(C=O)C1)c1ccc(OCCCC2CCN(c3ccc(F)cn3)CC2)cc1C. The van der Waals surface area contributed by atoms with Crippen molar-refractivity contribution in [2.75, 3.05) is 31.1 Å². The molecule has 0 aliphatic carbocycles. The summed E-state index contributed by atoms with van der Waals surface area (Å²) in [5, 5.41) is 6.63. The van der Waals surface area contributed by atoms with Gasteiger partial charge in [-0.2, -0.15) is 0 Å². The van der Waals surface area contributed by atoms with Crippen molar-refractivity contribution in [2.45, 2.75) is 51.1 Å². The number of carbonyl (C=O) groups is 1. The lowest BCUT2D eigenvalue weighted by atomic mass is 9.92. The highest BCUT2D eigenvalue weighted by Gasteiger charge is 2.24. The molecule has 2 N–H and O–H groups in total. The first-order valence-electron chi connectivity index (χ1n) is 12.3. The first-order valence-corrected chi connectivity index (χ1v) is 12.3. The van der Waals surface area contributed by atoms with Crippen LogP contribution in [0, 0.1) is 18.7 Å². The van der Waals surface area contributed by atoms with E-state index in [9.17, 15) is 9.18 Å². The average Bonchev–Trinajstić information content (AvgIpc) is 3.30. The minimum atomic E-state index is -0.291. The number of nitrogens with one attached hydrogen (secondary N) is 2. The zero-order valence-corrected chi connectivity index (χ0v) is 19.9. The molecule has 2 fully saturated rings. The molecule has 7 heteroatoms. The number of hydrogen-bond acceptors (Lipinski definition) is 6. The zero-order valence-electron chi connectivity index (χ0n) is 19.9. The largest absolute Gasteiger partial charge is 0.494 e. The number of rotatable bonds is 10. The van der Waals surface area contributed by atoms with Gasteiger partial charge in [-0.05, 0) is 80.8 Å². The molecule has 2 aliphatic heterocycles. The molecule has 1 aromatic heterocycles. The minimum absolute atomic E-state index is 0.0680. The van der Waals surface area contributed by atoms with Crippen molar-refractivity contribution in [3.8, 4) is 5.75 Å². The summed E-state index contributed by atoms with van der Waals surface area (Å²) in [4.78, 5) is 17.4. The fraction of sp³-hybridized carbons (Fsp3) is 0.481. The van der Waals surface area contributed by atoms with Crippen LogP contribution >= 0.6 is 0 Å². The van der Waals surface area contributed by atoms with Crippen molar-refractivity contribution >= 4 is 17.8 Å². The van der Waals surface area contributed by atoms with Crippen LogP contribution in [-0.4, -0.2) is 49.6 Å². The van der Waals surface area contributed by atoms with Gasteiger partial charge in [0.15, 0.2) is 0 Å². The van der Waals surface area contributed by atoms with Gasteiger partial charge in [-0.15, -0.1) is 0 Å². The summed E-state index contributed by atoms with van der Waals surface area (Å²) >= 11 is 0. The van der Waals surface area contributed by atoms with Crippen molar-refractivity contribution in [1.82, 2.24) is 15.6 Å². The van der Waals surface area contributed by atoms with Crippen molar-refractivity contribution in [1.29, 1.82) is 0 Å². The Morgan fingerprint density at radius 2 is 2.15 bits per heavy atom. The van der Waals surface area contributed by atoms with E-state index in [4.69, 9.17) is 4.74 Å². The number of aldehydes is 1. The number of nitrogens with zero attached hydrogens (tertiary/aromatic N) is 2. The summed E-state index contributed by atoms with van der Waals surface area (Å²) in [7, 11) is 0. The summed E-state index contributed by atoms with van der Waals surface area (Å²) < 4.78 is 19.1. The fourth-order valence-electron chi connectivity index (χ4n) is 4.94. The lowest BCUT2D eigenvalue weighted by Crippen LogP contribution is -2.34. The van der Waals surface area contributed by atoms with Gasteiger partial charge in [-0.1, -0.05) is 6.58 Å². The van der Waals surface area contributed by atoms with E-state index in [1.165, 1.54) is 12.3 Å². The van der Waals surface area contributed by atoms with Gasteiger partial charge in [-0.25, -0.2) is 9.37 Å². The Hall–Kier alpha value is -2.93. The van der Waals surface area contributed by atoms with Crippen molar-refractivity contribution < 1.29 is 13.9 Å². The molecule has 182 valence electrons. The standard InChI is InChI=1S/C27H35FN4O2/c1-19-14-25(6-7-26(19)20(2)31-23-15-24(18-33)29-17-23)34-13-3-4-21-9-11-32(12-10-21)27-8-5-22(28)16-30-27/h5-8,14,16,18,21,23-24,29,31H,2-4,9-13,15,17H2,1H3. The number of aromatic nitrogens is 1. The van der Waals surface area contributed by atoms with Crippen LogP contribution in [0.5, 0.6) is 5.75 Å². The number of anilines is 1. The molecular weight excluding hydrogens is 431 g/mol. The van der Waals surface area contributed by atoms with Gasteiger partial charge in [0.2, 0.25) is 0 Å². The molecule has 2 atom stereocenters. The number of aryl methyl sites for hydroxylation is 1. The molecule has 2 aliphatic rings. The van der Waals surface area contributed by atoms with Crippen molar-refractivity contribution in [3.63, 3.8) is 0 Å². The molecule has 2 aromatic rings. The maximum absolute atomic E-state index is 13.1. The third-order valence-electron chi connectivity index (χ3n) is 6.91. The predicted octanol–water partition coefficient (Wildman–Crippen LogP) is 4.09. The van der Waals surface area contributed by atoms with Gasteiger partial charge >= 0.3 is 0 Å². The Morgan fingerprint density at radius 1 is 1.32 bits per heavy atom. The molecule has 3 heterocycles. The van der Waals surface area contributed by atoms with Crippen LogP contribution in [0.2, 0.25) is 0 Å². The summed E-state index contributed by atoms with van der Waals surface area (Å²) in [6.07, 6.45) is 7.48. The number of ether oxygens (including phenoxy) is 1. The molecule has 34 heavy (non-hydrogen) atoms. The summed E-state index contributed by atoms with van der Waals surface area (Å²) in [6, 6.07) is 9.51. The van der Waals surface area contributed by atoms with Crippen LogP contribution in [-0.2, 0) is 4.79 Å². The van der Waals surface area contributed by atoms with Crippen LogP contribution in [0.3, 0.4) is 0 Å². The van der Waals surface area contributed by atoms with Gasteiger partial charge in [0, 0.05) is 36.9 Å². The number of piperidine rings is 1. The number of halogens is 1. The molecule has 4 rings (SSSR count). The highest BCUT2D eigenvalue weighted by molar-refractivity contribution is 5.66. The van der Waals surface area contributed by atoms with Gasteiger partial charge in [0.05, 0.1) is 18.8 Å². The topological polar surface area (TPSA) is 66.5 Å². The van der Waals surface area contributed by atoms with Crippen LogP contribution < -0.4 is 20.3 Å². The molecule has 0 radical (unpaired) electrons. The monoisotopic (exact) mass is 466 g/mol. The molecule has 0 spiro atoms. The smallest absolute Gasteiger partial charge is 0.141 e. The van der Waals surface area contributed by atoms with E-state index < -0.39 is 0 Å². The summed E-state index contributed by atoms with van der Waals surface area (Å²) in [6.45, 7) is 9.67. The highest BCUT2D eigenvalue weighted by atomic mass is 19.1. The third kappa shape index (κ3) is 6.35. The van der Waals surface area contributed by atoms with E-state index in [2.05, 4.69) is 46.2 Å². The molecule has 0 saturated carbocycles. The van der Waals surface area contributed by atoms with Crippen molar-refractivity contribution in [3.05, 3.63) is 60.1 Å². The lowest BCUT2D eigenvalue weighted by Gasteiger charge is -2.32. The minimum Gasteiger partial charge on any atom is -0.494 e. The predicted molar refractivity (Wildman–Crippen MR) is 133 cm³/mol. The second-order valence-electron chi connectivity index (χ2n) is 9.44. The van der Waals surface area contributed by atoms with Crippen LogP contribution in [0.25, 0.3) is 5.70 Å². The lowest BCUT2D eigenvalue weighted by molar-refractivity contribution is -0.109. The molecule has 6 nitrogen and oxygen atoms in total. The normalized spacial score (nSPS) is 20.8. The summed E-state index contributed by atoms with van der Waals surface area (Å²) in [5.74, 6) is 2.16. The van der Waals surface area contributed by atoms with E-state index in [1.807, 2.05) is 6.07 Å². The zero-order chi connectivity index (χ0) is 23.9. The molecule has 0 amide bonds. The van der Waals surface area contributed by atoms with Gasteiger partial charge in [-0.3, -0.25) is 0 Å². The maximum atomic E-state index is 13.1. The molecule has 0 bridgehead atoms. The van der Waals surface area contributed by atoms with Crippen LogP contribution in [0.1, 0.15) is 43.2 Å². The first kappa shape index (κ1) is 24.2. The number of pyridine rings is 1. The van der Waals surface area contributed by atoms with E-state index in [-0.39, 0.29) is 17.9 Å². The van der Waals surface area contributed by atoms with E-state index in [1.54, 1.807) is 6.07 Å². The maximum Gasteiger partial charge on any atom is 0.141 e. The molecule has 1 aromatic carbocycles. The van der Waals surface area contributed by atoms with Gasteiger partial charge in [0.1, 0.15) is 23.7 Å². The quantitative estimate of drug-likeness (QED) is 0.406. The molecule has 2 saturated heterocycles. The van der Waals surface area contributed by atoms with E-state index in [0.717, 1.165) is 86.4 Å². The van der Waals surface area contributed by atoms with Gasteiger partial charge < -0.3 is 25.1 Å². The average molecular weight is 467 g/mol. The summed E-state index contributed by atoms with van der Waals surface area (Å²) in [5.41, 5.74) is 3.07.